The Morgan fingerprint density at radius 1 is 1.50 bits per heavy atom. The van der Waals surface area contributed by atoms with Gasteiger partial charge in [0, 0.05) is 37.6 Å². The predicted molar refractivity (Wildman–Crippen MR) is 73.6 cm³/mol. The Labute approximate surface area is 110 Å². The summed E-state index contributed by atoms with van der Waals surface area (Å²) in [4.78, 5) is 4.43. The molecule has 0 amide bonds. The summed E-state index contributed by atoms with van der Waals surface area (Å²) in [5.41, 5.74) is 1.19. The lowest BCUT2D eigenvalue weighted by Gasteiger charge is -2.21. The summed E-state index contributed by atoms with van der Waals surface area (Å²) in [6, 6.07) is 6.69. The Hall–Kier alpha value is -0.930. The first kappa shape index (κ1) is 13.5. The lowest BCUT2D eigenvalue weighted by atomic mass is 9.96. The van der Waals surface area contributed by atoms with Gasteiger partial charge in [0.05, 0.1) is 0 Å². The minimum atomic E-state index is 0.534. The van der Waals surface area contributed by atoms with Crippen LogP contribution in [0.2, 0.25) is 0 Å². The molecular weight excluding hydrogens is 224 g/mol. The number of hydrogen-bond acceptors (Lipinski definition) is 3. The molecule has 0 radical (unpaired) electrons. The van der Waals surface area contributed by atoms with E-state index in [4.69, 9.17) is 4.74 Å². The molecule has 2 rings (SSSR count). The highest BCUT2D eigenvalue weighted by Gasteiger charge is 2.20. The summed E-state index contributed by atoms with van der Waals surface area (Å²) in [5, 5.41) is 3.65. The molecule has 1 N–H and O–H groups in total. The maximum Gasteiger partial charge on any atom is 0.0495 e. The average molecular weight is 248 g/mol. The van der Waals surface area contributed by atoms with E-state index >= 15 is 0 Å². The summed E-state index contributed by atoms with van der Waals surface area (Å²) in [5.74, 6) is 0.725. The summed E-state index contributed by atoms with van der Waals surface area (Å²) < 4.78 is 5.47. The van der Waals surface area contributed by atoms with Crippen LogP contribution in [-0.2, 0) is 11.2 Å². The fourth-order valence-electron chi connectivity index (χ4n) is 2.53. The lowest BCUT2D eigenvalue weighted by molar-refractivity contribution is 0.181. The molecule has 3 nitrogen and oxygen atoms in total. The van der Waals surface area contributed by atoms with Gasteiger partial charge in [-0.25, -0.2) is 0 Å². The molecule has 0 bridgehead atoms. The fourth-order valence-corrected chi connectivity index (χ4v) is 2.53. The number of nitrogens with zero attached hydrogens (tertiary/aromatic N) is 1. The molecule has 2 atom stereocenters. The second-order valence-corrected chi connectivity index (χ2v) is 5.14. The molecular formula is C15H24N2O. The highest BCUT2D eigenvalue weighted by Crippen LogP contribution is 2.19. The fraction of sp³-hybridized carbons (Fsp3) is 0.667. The number of rotatable bonds is 7. The zero-order valence-corrected chi connectivity index (χ0v) is 11.3. The van der Waals surface area contributed by atoms with Gasteiger partial charge in [0.2, 0.25) is 0 Å². The van der Waals surface area contributed by atoms with Gasteiger partial charge < -0.3 is 10.1 Å². The summed E-state index contributed by atoms with van der Waals surface area (Å²) >= 11 is 0. The number of pyridine rings is 1. The first-order chi connectivity index (χ1) is 8.88. The van der Waals surface area contributed by atoms with E-state index in [-0.39, 0.29) is 0 Å². The minimum Gasteiger partial charge on any atom is -0.381 e. The Morgan fingerprint density at radius 2 is 2.44 bits per heavy atom. The van der Waals surface area contributed by atoms with Crippen LogP contribution in [0.5, 0.6) is 0 Å². The van der Waals surface area contributed by atoms with Gasteiger partial charge in [0.15, 0.2) is 0 Å². The van der Waals surface area contributed by atoms with Crippen LogP contribution in [0.1, 0.15) is 31.9 Å². The number of ether oxygens (including phenoxy) is 1. The third-order valence-corrected chi connectivity index (χ3v) is 3.51. The number of aromatic nitrogens is 1. The Balaban J connectivity index is 1.87. The molecule has 1 saturated heterocycles. The zero-order valence-electron chi connectivity index (χ0n) is 11.3. The van der Waals surface area contributed by atoms with Gasteiger partial charge in [-0.05, 0) is 43.9 Å². The lowest BCUT2D eigenvalue weighted by Crippen LogP contribution is -2.34. The summed E-state index contributed by atoms with van der Waals surface area (Å²) in [7, 11) is 0. The Morgan fingerprint density at radius 3 is 3.11 bits per heavy atom. The number of nitrogens with one attached hydrogen (secondary N) is 1. The van der Waals surface area contributed by atoms with Crippen molar-refractivity contribution < 1.29 is 4.74 Å². The van der Waals surface area contributed by atoms with Gasteiger partial charge >= 0.3 is 0 Å². The maximum absolute atomic E-state index is 5.47. The van der Waals surface area contributed by atoms with Gasteiger partial charge in [-0.15, -0.1) is 0 Å². The molecule has 18 heavy (non-hydrogen) atoms. The summed E-state index contributed by atoms with van der Waals surface area (Å²) in [6.07, 6.45) is 6.51. The van der Waals surface area contributed by atoms with Crippen LogP contribution in [-0.4, -0.2) is 30.8 Å². The van der Waals surface area contributed by atoms with Gasteiger partial charge in [0.1, 0.15) is 0 Å². The predicted octanol–water partition coefficient (Wildman–Crippen LogP) is 2.42. The molecule has 1 aromatic rings. The smallest absolute Gasteiger partial charge is 0.0495 e. The zero-order chi connectivity index (χ0) is 12.6. The molecule has 2 heterocycles. The van der Waals surface area contributed by atoms with Crippen LogP contribution in [0.25, 0.3) is 0 Å². The minimum absolute atomic E-state index is 0.534. The summed E-state index contributed by atoms with van der Waals surface area (Å²) in [6.45, 7) is 5.18. The van der Waals surface area contributed by atoms with Crippen LogP contribution < -0.4 is 5.32 Å². The number of hydrogen-bond donors (Lipinski definition) is 1. The molecule has 0 saturated carbocycles. The molecule has 3 heteroatoms. The molecule has 1 aromatic heterocycles. The first-order valence-electron chi connectivity index (χ1n) is 7.09. The van der Waals surface area contributed by atoms with Crippen molar-refractivity contribution in [2.24, 2.45) is 5.92 Å². The molecule has 2 unspecified atom stereocenters. The van der Waals surface area contributed by atoms with E-state index in [2.05, 4.69) is 29.4 Å². The van der Waals surface area contributed by atoms with Gasteiger partial charge in [-0.2, -0.15) is 0 Å². The van der Waals surface area contributed by atoms with Crippen molar-refractivity contribution >= 4 is 0 Å². The van der Waals surface area contributed by atoms with Crippen molar-refractivity contribution in [3.05, 3.63) is 30.1 Å². The SMILES string of the molecule is CCCNC(Cc1ccccn1)CC1CCOC1. The van der Waals surface area contributed by atoms with E-state index in [0.29, 0.717) is 6.04 Å². The van der Waals surface area contributed by atoms with Gasteiger partial charge in [-0.1, -0.05) is 13.0 Å². The third-order valence-electron chi connectivity index (χ3n) is 3.51. The molecule has 0 spiro atoms. The molecule has 100 valence electrons. The first-order valence-corrected chi connectivity index (χ1v) is 7.09. The third kappa shape index (κ3) is 4.39. The molecule has 0 aliphatic carbocycles. The van der Waals surface area contributed by atoms with E-state index < -0.39 is 0 Å². The van der Waals surface area contributed by atoms with Crippen LogP contribution in [0.15, 0.2) is 24.4 Å². The van der Waals surface area contributed by atoms with E-state index in [1.807, 2.05) is 12.3 Å². The second kappa shape index (κ2) is 7.49. The maximum atomic E-state index is 5.47. The van der Waals surface area contributed by atoms with Gasteiger partial charge in [-0.3, -0.25) is 4.98 Å². The van der Waals surface area contributed by atoms with Crippen LogP contribution >= 0.6 is 0 Å². The van der Waals surface area contributed by atoms with Crippen LogP contribution in [0.4, 0.5) is 0 Å². The van der Waals surface area contributed by atoms with Crippen molar-refractivity contribution in [3.63, 3.8) is 0 Å². The Kier molecular flexibility index (Phi) is 5.62. The topological polar surface area (TPSA) is 34.2 Å². The van der Waals surface area contributed by atoms with Crippen LogP contribution in [0.3, 0.4) is 0 Å². The molecule has 0 aromatic carbocycles. The monoisotopic (exact) mass is 248 g/mol. The van der Waals surface area contributed by atoms with Gasteiger partial charge in [0.25, 0.3) is 0 Å². The highest BCUT2D eigenvalue weighted by atomic mass is 16.5. The van der Waals surface area contributed by atoms with E-state index in [1.54, 1.807) is 0 Å². The Bertz CT molecular complexity index is 323. The van der Waals surface area contributed by atoms with E-state index in [1.165, 1.54) is 25.0 Å². The van der Waals surface area contributed by atoms with E-state index in [0.717, 1.165) is 32.1 Å². The van der Waals surface area contributed by atoms with E-state index in [9.17, 15) is 0 Å². The van der Waals surface area contributed by atoms with Crippen molar-refractivity contribution in [3.8, 4) is 0 Å². The molecule has 1 aliphatic heterocycles. The quantitative estimate of drug-likeness (QED) is 0.804. The second-order valence-electron chi connectivity index (χ2n) is 5.14. The highest BCUT2D eigenvalue weighted by molar-refractivity contribution is 5.05. The standard InChI is InChI=1S/C15H24N2O/c1-2-7-16-15(10-13-6-9-18-12-13)11-14-5-3-4-8-17-14/h3-5,8,13,15-16H,2,6-7,9-12H2,1H3. The van der Waals surface area contributed by atoms with Crippen LogP contribution in [0, 0.1) is 5.92 Å². The molecule has 1 fully saturated rings. The van der Waals surface area contributed by atoms with Crippen molar-refractivity contribution in [2.75, 3.05) is 19.8 Å². The van der Waals surface area contributed by atoms with Crippen molar-refractivity contribution in [2.45, 2.75) is 38.6 Å². The largest absolute Gasteiger partial charge is 0.381 e. The van der Waals surface area contributed by atoms with Crippen molar-refractivity contribution in [1.29, 1.82) is 0 Å². The average Bonchev–Trinajstić information content (AvgIpc) is 2.90. The van der Waals surface area contributed by atoms with Crippen molar-refractivity contribution in [1.82, 2.24) is 10.3 Å². The molecule has 1 aliphatic rings. The normalized spacial score (nSPS) is 21.1.